The van der Waals surface area contributed by atoms with Crippen LogP contribution < -0.4 is 10.1 Å². The molecule has 3 atom stereocenters. The minimum atomic E-state index is -1.22. The van der Waals surface area contributed by atoms with E-state index in [2.05, 4.69) is 17.4 Å². The summed E-state index contributed by atoms with van der Waals surface area (Å²) < 4.78 is 26.4. The fourth-order valence-electron chi connectivity index (χ4n) is 5.72. The number of hydrogen-bond acceptors (Lipinski definition) is 6. The summed E-state index contributed by atoms with van der Waals surface area (Å²) in [4.78, 5) is 18.8. The van der Waals surface area contributed by atoms with Gasteiger partial charge in [-0.2, -0.15) is 0 Å². The van der Waals surface area contributed by atoms with Gasteiger partial charge in [0.2, 0.25) is 0 Å². The van der Waals surface area contributed by atoms with Crippen LogP contribution in [0.2, 0.25) is 0 Å². The second kappa shape index (κ2) is 12.4. The molecule has 2 aliphatic heterocycles. The Bertz CT molecular complexity index is 1110. The number of carboxylic acid groups (broad SMARTS) is 1. The molecular weight excluding hydrogens is 485 g/mol. The van der Waals surface area contributed by atoms with Gasteiger partial charge in [-0.3, -0.25) is 9.69 Å². The highest BCUT2D eigenvalue weighted by Crippen LogP contribution is 2.37. The second-order valence-electron chi connectivity index (χ2n) is 11.0. The molecular formula is C30H40FN3O4. The standard InChI is InChI=1S/C30H40FN3O4/c1-37-26-13-10-21(16-20-8-9-20)17-24(26)28(30(35)36)34-18-25(31)27(19-34)38-15-4-2-3-7-23-12-11-22-6-5-14-32-29(22)33-23/h10-13,17,20,25,27-28H,2-9,14-16,18-19H2,1H3,(H,32,33)(H,35,36)/t25-,27+,28-/m0/s1. The van der Waals surface area contributed by atoms with Gasteiger partial charge in [-0.25, -0.2) is 9.37 Å². The number of anilines is 1. The summed E-state index contributed by atoms with van der Waals surface area (Å²) in [5.41, 5.74) is 4.11. The first-order valence-electron chi connectivity index (χ1n) is 14.1. The number of aryl methyl sites for hydroxylation is 2. The van der Waals surface area contributed by atoms with E-state index in [9.17, 15) is 14.3 Å². The molecule has 7 nitrogen and oxygen atoms in total. The normalized spacial score (nSPS) is 22.1. The molecule has 2 aromatic rings. The number of rotatable bonds is 13. The Morgan fingerprint density at radius 3 is 2.87 bits per heavy atom. The van der Waals surface area contributed by atoms with Crippen molar-refractivity contribution in [1.82, 2.24) is 9.88 Å². The van der Waals surface area contributed by atoms with Gasteiger partial charge in [0.15, 0.2) is 0 Å². The highest BCUT2D eigenvalue weighted by atomic mass is 19.1. The largest absolute Gasteiger partial charge is 0.496 e. The Morgan fingerprint density at radius 1 is 1.21 bits per heavy atom. The first-order valence-corrected chi connectivity index (χ1v) is 14.1. The minimum Gasteiger partial charge on any atom is -0.496 e. The van der Waals surface area contributed by atoms with Gasteiger partial charge in [0.05, 0.1) is 7.11 Å². The Balaban J connectivity index is 1.10. The molecule has 1 aromatic carbocycles. The van der Waals surface area contributed by atoms with Gasteiger partial charge < -0.3 is 19.9 Å². The number of aliphatic carboxylic acids is 1. The van der Waals surface area contributed by atoms with Crippen molar-refractivity contribution in [2.45, 2.75) is 76.1 Å². The molecule has 2 fully saturated rings. The van der Waals surface area contributed by atoms with Crippen LogP contribution in [0.1, 0.15) is 67.0 Å². The summed E-state index contributed by atoms with van der Waals surface area (Å²) in [5, 5.41) is 13.5. The molecule has 38 heavy (non-hydrogen) atoms. The van der Waals surface area contributed by atoms with E-state index < -0.39 is 24.3 Å². The third-order valence-electron chi connectivity index (χ3n) is 8.00. The molecule has 1 saturated heterocycles. The predicted octanol–water partition coefficient (Wildman–Crippen LogP) is 4.98. The maximum atomic E-state index is 14.9. The number of nitrogens with one attached hydrogen (secondary N) is 1. The number of ether oxygens (including phenoxy) is 2. The third kappa shape index (κ3) is 6.64. The van der Waals surface area contributed by atoms with Crippen molar-refractivity contribution < 1.29 is 23.8 Å². The predicted molar refractivity (Wildman–Crippen MR) is 145 cm³/mol. The Labute approximate surface area is 224 Å². The summed E-state index contributed by atoms with van der Waals surface area (Å²) in [6.07, 6.45) is 7.54. The van der Waals surface area contributed by atoms with Crippen LogP contribution in [-0.4, -0.2) is 66.6 Å². The molecule has 2 N–H and O–H groups in total. The number of carboxylic acids is 1. The molecule has 1 aliphatic carbocycles. The highest BCUT2D eigenvalue weighted by Gasteiger charge is 2.41. The van der Waals surface area contributed by atoms with Gasteiger partial charge >= 0.3 is 5.97 Å². The summed E-state index contributed by atoms with van der Waals surface area (Å²) in [5.74, 6) is 1.25. The van der Waals surface area contributed by atoms with E-state index in [-0.39, 0.29) is 13.1 Å². The number of likely N-dealkylation sites (tertiary alicyclic amines) is 1. The van der Waals surface area contributed by atoms with Crippen LogP contribution in [0.25, 0.3) is 0 Å². The van der Waals surface area contributed by atoms with E-state index in [0.29, 0.717) is 23.8 Å². The number of unbranched alkanes of at least 4 members (excludes halogenated alkanes) is 2. The lowest BCUT2D eigenvalue weighted by molar-refractivity contribution is -0.143. The van der Waals surface area contributed by atoms with Crippen LogP contribution in [-0.2, 0) is 28.8 Å². The zero-order valence-corrected chi connectivity index (χ0v) is 22.3. The lowest BCUT2D eigenvalue weighted by Crippen LogP contribution is -2.34. The molecule has 206 valence electrons. The van der Waals surface area contributed by atoms with Crippen molar-refractivity contribution in [3.8, 4) is 5.75 Å². The molecule has 0 radical (unpaired) electrons. The number of methoxy groups -OCH3 is 1. The van der Waals surface area contributed by atoms with Gasteiger partial charge in [0.1, 0.15) is 29.9 Å². The first kappa shape index (κ1) is 26.9. The molecule has 1 aromatic heterocycles. The molecule has 0 spiro atoms. The summed E-state index contributed by atoms with van der Waals surface area (Å²) >= 11 is 0. The van der Waals surface area contributed by atoms with Gasteiger partial charge in [0.25, 0.3) is 0 Å². The number of nitrogens with zero attached hydrogens (tertiary/aromatic N) is 2. The molecule has 8 heteroatoms. The van der Waals surface area contributed by atoms with E-state index in [4.69, 9.17) is 14.5 Å². The number of aromatic nitrogens is 1. The van der Waals surface area contributed by atoms with Crippen molar-refractivity contribution in [2.75, 3.05) is 38.7 Å². The lowest BCUT2D eigenvalue weighted by Gasteiger charge is -2.26. The van der Waals surface area contributed by atoms with Crippen LogP contribution in [0.4, 0.5) is 10.2 Å². The average molecular weight is 526 g/mol. The van der Waals surface area contributed by atoms with E-state index in [1.54, 1.807) is 12.0 Å². The Morgan fingerprint density at radius 2 is 2.08 bits per heavy atom. The van der Waals surface area contributed by atoms with Crippen LogP contribution in [0, 0.1) is 5.92 Å². The maximum Gasteiger partial charge on any atom is 0.325 e. The van der Waals surface area contributed by atoms with Crippen LogP contribution in [0.15, 0.2) is 30.3 Å². The smallest absolute Gasteiger partial charge is 0.325 e. The van der Waals surface area contributed by atoms with Crippen LogP contribution >= 0.6 is 0 Å². The summed E-state index contributed by atoms with van der Waals surface area (Å²) in [6.45, 7) is 1.74. The highest BCUT2D eigenvalue weighted by molar-refractivity contribution is 5.77. The van der Waals surface area contributed by atoms with E-state index >= 15 is 0 Å². The van der Waals surface area contributed by atoms with Gasteiger partial charge in [-0.1, -0.05) is 18.6 Å². The summed E-state index contributed by atoms with van der Waals surface area (Å²) in [6, 6.07) is 9.13. The van der Waals surface area contributed by atoms with Crippen molar-refractivity contribution >= 4 is 11.8 Å². The molecule has 0 unspecified atom stereocenters. The zero-order chi connectivity index (χ0) is 26.5. The average Bonchev–Trinajstić information content (AvgIpc) is 3.66. The molecule has 3 aliphatic rings. The number of alkyl halides is 1. The monoisotopic (exact) mass is 525 g/mol. The van der Waals surface area contributed by atoms with Crippen molar-refractivity contribution in [3.05, 3.63) is 52.7 Å². The number of hydrogen-bond donors (Lipinski definition) is 2. The van der Waals surface area contributed by atoms with E-state index in [1.807, 2.05) is 18.2 Å². The topological polar surface area (TPSA) is 83.9 Å². The second-order valence-corrected chi connectivity index (χ2v) is 11.0. The lowest BCUT2D eigenvalue weighted by atomic mass is 9.99. The van der Waals surface area contributed by atoms with Gasteiger partial charge in [-0.05, 0) is 86.6 Å². The minimum absolute atomic E-state index is 0.0374. The van der Waals surface area contributed by atoms with Crippen molar-refractivity contribution in [3.63, 3.8) is 0 Å². The first-order chi connectivity index (χ1) is 18.5. The van der Waals surface area contributed by atoms with Crippen molar-refractivity contribution in [2.24, 2.45) is 5.92 Å². The molecule has 0 amide bonds. The van der Waals surface area contributed by atoms with Gasteiger partial charge in [-0.15, -0.1) is 0 Å². The SMILES string of the molecule is COc1ccc(CC2CC2)cc1[C@@H](C(=O)O)N1C[C@H](F)[C@H](OCCCCCc2ccc3c(n2)NCCC3)C1. The fourth-order valence-corrected chi connectivity index (χ4v) is 5.72. The number of fused-ring (bicyclic) bond motifs is 1. The number of halogens is 1. The molecule has 5 rings (SSSR count). The third-order valence-corrected chi connectivity index (χ3v) is 8.00. The number of pyridine rings is 1. The molecule has 0 bridgehead atoms. The van der Waals surface area contributed by atoms with Crippen molar-refractivity contribution in [1.29, 1.82) is 0 Å². The quantitative estimate of drug-likeness (QED) is 0.357. The number of benzene rings is 1. The van der Waals surface area contributed by atoms with E-state index in [1.165, 1.54) is 18.4 Å². The van der Waals surface area contributed by atoms with Crippen LogP contribution in [0.5, 0.6) is 5.75 Å². The fraction of sp³-hybridized carbons (Fsp3) is 0.600. The van der Waals surface area contributed by atoms with Gasteiger partial charge in [0, 0.05) is 37.5 Å². The zero-order valence-electron chi connectivity index (χ0n) is 22.3. The molecule has 1 saturated carbocycles. The Kier molecular flexibility index (Phi) is 8.79. The summed E-state index contributed by atoms with van der Waals surface area (Å²) in [7, 11) is 1.55. The van der Waals surface area contributed by atoms with Crippen LogP contribution in [0.3, 0.4) is 0 Å². The number of carbonyl (C=O) groups is 1. The van der Waals surface area contributed by atoms with E-state index in [0.717, 1.165) is 68.6 Å². The molecule has 3 heterocycles. The maximum absolute atomic E-state index is 14.9. The Hall–Kier alpha value is -2.71.